The Morgan fingerprint density at radius 2 is 1.39 bits per heavy atom. The second-order valence-electron chi connectivity index (χ2n) is 3.74. The molecule has 0 spiro atoms. The first kappa shape index (κ1) is 12.4. The molecule has 0 saturated heterocycles. The fourth-order valence-electron chi connectivity index (χ4n) is 1.67. The van der Waals surface area contributed by atoms with Crippen molar-refractivity contribution in [2.24, 2.45) is 0 Å². The van der Waals surface area contributed by atoms with Gasteiger partial charge in [0.25, 0.3) is 0 Å². The molecule has 0 aliphatic carbocycles. The van der Waals surface area contributed by atoms with Crippen LogP contribution in [0.1, 0.15) is 21.5 Å². The summed E-state index contributed by atoms with van der Waals surface area (Å²) in [6, 6.07) is 12.7. The number of hydrogen-bond donors (Lipinski definition) is 0. The molecule has 0 amide bonds. The largest absolute Gasteiger partial charge is 0.417 e. The molecule has 1 nitrogen and oxygen atoms in total. The maximum Gasteiger partial charge on any atom is 0.417 e. The van der Waals surface area contributed by atoms with Gasteiger partial charge in [0.05, 0.1) is 5.56 Å². The van der Waals surface area contributed by atoms with Crippen molar-refractivity contribution in [3.63, 3.8) is 0 Å². The smallest absolute Gasteiger partial charge is 0.289 e. The predicted molar refractivity (Wildman–Crippen MR) is 61.3 cm³/mol. The minimum atomic E-state index is -4.53. The highest BCUT2D eigenvalue weighted by molar-refractivity contribution is 6.10. The average molecular weight is 250 g/mol. The van der Waals surface area contributed by atoms with E-state index in [1.54, 1.807) is 18.2 Å². The van der Waals surface area contributed by atoms with E-state index in [0.29, 0.717) is 0 Å². The van der Waals surface area contributed by atoms with Crippen LogP contribution >= 0.6 is 0 Å². The van der Waals surface area contributed by atoms with Crippen LogP contribution in [0.2, 0.25) is 0 Å². The third-order valence-electron chi connectivity index (χ3n) is 2.51. The van der Waals surface area contributed by atoms with Gasteiger partial charge in [-0.1, -0.05) is 48.5 Å². The number of rotatable bonds is 2. The van der Waals surface area contributed by atoms with Gasteiger partial charge in [-0.15, -0.1) is 0 Å². The summed E-state index contributed by atoms with van der Waals surface area (Å²) >= 11 is 0. The zero-order valence-electron chi connectivity index (χ0n) is 9.24. The minimum Gasteiger partial charge on any atom is -0.289 e. The molecule has 0 aliphatic heterocycles. The lowest BCUT2D eigenvalue weighted by Crippen LogP contribution is -2.13. The second kappa shape index (κ2) is 4.64. The molecule has 0 aromatic heterocycles. The highest BCUT2D eigenvalue weighted by Crippen LogP contribution is 2.32. The Morgan fingerprint density at radius 1 is 0.833 bits per heavy atom. The molecule has 0 N–H and O–H groups in total. The monoisotopic (exact) mass is 250 g/mol. The normalized spacial score (nSPS) is 11.3. The number of ketones is 1. The molecule has 0 saturated carbocycles. The van der Waals surface area contributed by atoms with Crippen LogP contribution < -0.4 is 0 Å². The number of benzene rings is 2. The number of halogens is 3. The van der Waals surface area contributed by atoms with Gasteiger partial charge in [0.1, 0.15) is 0 Å². The van der Waals surface area contributed by atoms with Crippen molar-refractivity contribution >= 4 is 5.78 Å². The highest BCUT2D eigenvalue weighted by atomic mass is 19.4. The summed E-state index contributed by atoms with van der Waals surface area (Å²) < 4.78 is 38.3. The topological polar surface area (TPSA) is 17.1 Å². The summed E-state index contributed by atoms with van der Waals surface area (Å²) in [7, 11) is 0. The maximum atomic E-state index is 12.8. The van der Waals surface area contributed by atoms with E-state index < -0.39 is 17.5 Å². The molecule has 0 aliphatic rings. The Morgan fingerprint density at radius 3 is 2.00 bits per heavy atom. The zero-order chi connectivity index (χ0) is 13.2. The SMILES string of the molecule is O=C(c1ccccc1)c1ccccc1C(F)(F)F. The quantitative estimate of drug-likeness (QED) is 0.738. The van der Waals surface area contributed by atoms with Gasteiger partial charge in [0.15, 0.2) is 5.78 Å². The highest BCUT2D eigenvalue weighted by Gasteiger charge is 2.34. The van der Waals surface area contributed by atoms with E-state index in [9.17, 15) is 18.0 Å². The van der Waals surface area contributed by atoms with Gasteiger partial charge in [-0.25, -0.2) is 0 Å². The van der Waals surface area contributed by atoms with Gasteiger partial charge in [-0.3, -0.25) is 4.79 Å². The molecule has 0 fully saturated rings. The fraction of sp³-hybridized carbons (Fsp3) is 0.0714. The van der Waals surface area contributed by atoms with Crippen molar-refractivity contribution in [1.29, 1.82) is 0 Å². The molecule has 0 heterocycles. The summed E-state index contributed by atoms with van der Waals surface area (Å²) in [5, 5.41) is 0. The fourth-order valence-corrected chi connectivity index (χ4v) is 1.67. The van der Waals surface area contributed by atoms with E-state index in [2.05, 4.69) is 0 Å². The third kappa shape index (κ3) is 2.42. The number of hydrogen-bond acceptors (Lipinski definition) is 1. The van der Waals surface area contributed by atoms with Crippen LogP contribution in [0.5, 0.6) is 0 Å². The molecule has 2 rings (SSSR count). The number of carbonyl (C=O) groups excluding carboxylic acids is 1. The van der Waals surface area contributed by atoms with Crippen LogP contribution in [0, 0.1) is 0 Å². The van der Waals surface area contributed by atoms with Crippen LogP contribution in [0.3, 0.4) is 0 Å². The Hall–Kier alpha value is -2.10. The molecule has 92 valence electrons. The average Bonchev–Trinajstić information content (AvgIpc) is 2.38. The third-order valence-corrected chi connectivity index (χ3v) is 2.51. The number of carbonyl (C=O) groups is 1. The van der Waals surface area contributed by atoms with E-state index in [-0.39, 0.29) is 11.1 Å². The van der Waals surface area contributed by atoms with Crippen LogP contribution in [0.25, 0.3) is 0 Å². The van der Waals surface area contributed by atoms with Crippen molar-refractivity contribution < 1.29 is 18.0 Å². The molecular formula is C14H9F3O. The van der Waals surface area contributed by atoms with E-state index in [0.717, 1.165) is 6.07 Å². The van der Waals surface area contributed by atoms with Crippen molar-refractivity contribution in [1.82, 2.24) is 0 Å². The standard InChI is InChI=1S/C14H9F3O/c15-14(16,17)12-9-5-4-8-11(12)13(18)10-6-2-1-3-7-10/h1-9H. The van der Waals surface area contributed by atoms with Crippen LogP contribution in [0.4, 0.5) is 13.2 Å². The van der Waals surface area contributed by atoms with Gasteiger partial charge in [-0.05, 0) is 6.07 Å². The van der Waals surface area contributed by atoms with Gasteiger partial charge in [0, 0.05) is 11.1 Å². The second-order valence-corrected chi connectivity index (χ2v) is 3.74. The molecule has 0 bridgehead atoms. The lowest BCUT2D eigenvalue weighted by Gasteiger charge is -2.11. The van der Waals surface area contributed by atoms with Gasteiger partial charge < -0.3 is 0 Å². The van der Waals surface area contributed by atoms with Crippen molar-refractivity contribution in [3.8, 4) is 0 Å². The van der Waals surface area contributed by atoms with Crippen LogP contribution in [-0.2, 0) is 6.18 Å². The van der Waals surface area contributed by atoms with Crippen molar-refractivity contribution in [3.05, 3.63) is 71.3 Å². The molecule has 0 radical (unpaired) electrons. The van der Waals surface area contributed by atoms with E-state index in [4.69, 9.17) is 0 Å². The lowest BCUT2D eigenvalue weighted by atomic mass is 9.98. The Balaban J connectivity index is 2.50. The van der Waals surface area contributed by atoms with E-state index >= 15 is 0 Å². The van der Waals surface area contributed by atoms with Crippen molar-refractivity contribution in [2.45, 2.75) is 6.18 Å². The molecule has 2 aromatic carbocycles. The van der Waals surface area contributed by atoms with Gasteiger partial charge >= 0.3 is 6.18 Å². The molecular weight excluding hydrogens is 241 g/mol. The van der Waals surface area contributed by atoms with E-state index in [1.807, 2.05) is 0 Å². The first-order valence-electron chi connectivity index (χ1n) is 5.26. The van der Waals surface area contributed by atoms with E-state index in [1.165, 1.54) is 30.3 Å². The van der Waals surface area contributed by atoms with Crippen molar-refractivity contribution in [2.75, 3.05) is 0 Å². The summed E-state index contributed by atoms with van der Waals surface area (Å²) in [6.07, 6.45) is -4.53. The molecule has 0 atom stereocenters. The molecule has 4 heteroatoms. The molecule has 0 unspecified atom stereocenters. The first-order chi connectivity index (χ1) is 8.50. The van der Waals surface area contributed by atoms with Crippen LogP contribution in [-0.4, -0.2) is 5.78 Å². The lowest BCUT2D eigenvalue weighted by molar-refractivity contribution is -0.137. The number of alkyl halides is 3. The zero-order valence-corrected chi connectivity index (χ0v) is 9.24. The van der Waals surface area contributed by atoms with Gasteiger partial charge in [-0.2, -0.15) is 13.2 Å². The molecule has 18 heavy (non-hydrogen) atoms. The first-order valence-corrected chi connectivity index (χ1v) is 5.26. The Bertz CT molecular complexity index is 559. The Kier molecular flexibility index (Phi) is 3.19. The van der Waals surface area contributed by atoms with Gasteiger partial charge in [0.2, 0.25) is 0 Å². The Labute approximate surface area is 102 Å². The maximum absolute atomic E-state index is 12.8. The summed E-state index contributed by atoms with van der Waals surface area (Å²) in [6.45, 7) is 0. The minimum absolute atomic E-state index is 0.245. The summed E-state index contributed by atoms with van der Waals surface area (Å²) in [5.41, 5.74) is -0.982. The summed E-state index contributed by atoms with van der Waals surface area (Å²) in [4.78, 5) is 12.0. The molecule has 2 aromatic rings. The summed E-state index contributed by atoms with van der Waals surface area (Å²) in [5.74, 6) is -0.622. The predicted octanol–water partition coefficient (Wildman–Crippen LogP) is 3.94. The van der Waals surface area contributed by atoms with Crippen LogP contribution in [0.15, 0.2) is 54.6 Å².